The van der Waals surface area contributed by atoms with Crippen LogP contribution >= 0.6 is 11.3 Å². The number of anilines is 1. The Labute approximate surface area is 151 Å². The van der Waals surface area contributed by atoms with E-state index in [1.54, 1.807) is 11.3 Å². The molecule has 1 aromatic carbocycles. The second-order valence-electron chi connectivity index (χ2n) is 6.89. The molecule has 130 valence electrons. The quantitative estimate of drug-likeness (QED) is 0.671. The van der Waals surface area contributed by atoms with Gasteiger partial charge in [-0.1, -0.05) is 44.2 Å². The monoisotopic (exact) mass is 353 g/mol. The van der Waals surface area contributed by atoms with Gasteiger partial charge in [-0.25, -0.2) is 4.98 Å². The Morgan fingerprint density at radius 1 is 1.28 bits per heavy atom. The lowest BCUT2D eigenvalue weighted by molar-refractivity contribution is -0.116. The van der Waals surface area contributed by atoms with Crippen LogP contribution in [0.25, 0.3) is 16.2 Å². The van der Waals surface area contributed by atoms with Crippen LogP contribution in [0.4, 0.5) is 5.69 Å². The molecule has 0 spiro atoms. The lowest BCUT2D eigenvalue weighted by Gasteiger charge is -2.21. The van der Waals surface area contributed by atoms with Crippen molar-refractivity contribution in [2.75, 3.05) is 5.32 Å². The first kappa shape index (κ1) is 16.3. The van der Waals surface area contributed by atoms with E-state index in [-0.39, 0.29) is 5.91 Å². The molecule has 0 aliphatic heterocycles. The van der Waals surface area contributed by atoms with Gasteiger partial charge in [0.1, 0.15) is 0 Å². The van der Waals surface area contributed by atoms with Crippen LogP contribution < -0.4 is 5.32 Å². The first-order chi connectivity index (χ1) is 12.3. The number of imidazole rings is 1. The van der Waals surface area contributed by atoms with Gasteiger partial charge in [0, 0.05) is 35.4 Å². The van der Waals surface area contributed by atoms with Crippen molar-refractivity contribution in [1.29, 1.82) is 0 Å². The minimum Gasteiger partial charge on any atom is -0.326 e. The van der Waals surface area contributed by atoms with E-state index < -0.39 is 0 Å². The molecule has 1 aliphatic carbocycles. The van der Waals surface area contributed by atoms with Crippen LogP contribution in [0.2, 0.25) is 0 Å². The number of amides is 1. The van der Waals surface area contributed by atoms with E-state index >= 15 is 0 Å². The summed E-state index contributed by atoms with van der Waals surface area (Å²) in [6.45, 7) is 0. The first-order valence-corrected chi connectivity index (χ1v) is 9.98. The lowest BCUT2D eigenvalue weighted by Crippen LogP contribution is -2.14. The Bertz CT molecular complexity index is 832. The van der Waals surface area contributed by atoms with Crippen LogP contribution in [-0.4, -0.2) is 15.3 Å². The fraction of sp³-hybridized carbons (Fsp3) is 0.400. The molecule has 25 heavy (non-hydrogen) atoms. The minimum absolute atomic E-state index is 0.119. The number of benzene rings is 1. The highest BCUT2D eigenvalue weighted by molar-refractivity contribution is 7.15. The standard InChI is InChI=1S/C20H23N3OS/c24-19(10-9-15-5-2-1-3-6-15)21-17-8-4-7-16(13-17)18-14-23-11-12-25-20(23)22-18/h4,7-8,11-15H,1-3,5-6,9-10H2,(H,21,24). The van der Waals surface area contributed by atoms with E-state index in [0.29, 0.717) is 6.42 Å². The molecule has 0 unspecified atom stereocenters. The molecule has 4 rings (SSSR count). The van der Waals surface area contributed by atoms with Crippen LogP contribution in [0.3, 0.4) is 0 Å². The normalized spacial score (nSPS) is 15.5. The largest absolute Gasteiger partial charge is 0.326 e. The van der Waals surface area contributed by atoms with Crippen LogP contribution in [0, 0.1) is 5.92 Å². The van der Waals surface area contributed by atoms with E-state index in [0.717, 1.165) is 34.2 Å². The summed E-state index contributed by atoms with van der Waals surface area (Å²) in [5.41, 5.74) is 2.81. The molecule has 0 bridgehead atoms. The van der Waals surface area contributed by atoms with E-state index in [9.17, 15) is 4.79 Å². The van der Waals surface area contributed by atoms with Crippen molar-refractivity contribution in [3.63, 3.8) is 0 Å². The summed E-state index contributed by atoms with van der Waals surface area (Å²) in [7, 11) is 0. The second kappa shape index (κ2) is 7.40. The number of nitrogens with zero attached hydrogens (tertiary/aromatic N) is 2. The van der Waals surface area contributed by atoms with Gasteiger partial charge in [0.15, 0.2) is 4.96 Å². The van der Waals surface area contributed by atoms with Crippen molar-refractivity contribution in [3.05, 3.63) is 42.0 Å². The van der Waals surface area contributed by atoms with Gasteiger partial charge in [-0.3, -0.25) is 9.20 Å². The summed E-state index contributed by atoms with van der Waals surface area (Å²) in [6.07, 6.45) is 12.3. The maximum Gasteiger partial charge on any atom is 0.224 e. The number of aromatic nitrogens is 2. The van der Waals surface area contributed by atoms with Crippen molar-refractivity contribution in [3.8, 4) is 11.3 Å². The van der Waals surface area contributed by atoms with Crippen LogP contribution in [-0.2, 0) is 4.79 Å². The summed E-state index contributed by atoms with van der Waals surface area (Å²) < 4.78 is 2.02. The second-order valence-corrected chi connectivity index (χ2v) is 7.76. The number of carbonyl (C=O) groups excluding carboxylic acids is 1. The number of hydrogen-bond acceptors (Lipinski definition) is 3. The molecule has 5 heteroatoms. The average molecular weight is 353 g/mol. The third-order valence-electron chi connectivity index (χ3n) is 5.04. The number of carbonyl (C=O) groups is 1. The number of hydrogen-bond donors (Lipinski definition) is 1. The number of thiazole rings is 1. The third-order valence-corrected chi connectivity index (χ3v) is 5.81. The molecule has 0 radical (unpaired) electrons. The highest BCUT2D eigenvalue weighted by Gasteiger charge is 2.15. The van der Waals surface area contributed by atoms with Gasteiger partial charge in [-0.05, 0) is 24.5 Å². The highest BCUT2D eigenvalue weighted by Crippen LogP contribution is 2.28. The van der Waals surface area contributed by atoms with E-state index in [1.807, 2.05) is 46.4 Å². The summed E-state index contributed by atoms with van der Waals surface area (Å²) in [5.74, 6) is 0.859. The number of nitrogens with one attached hydrogen (secondary N) is 1. The fourth-order valence-electron chi connectivity index (χ4n) is 3.66. The molecule has 3 aromatic rings. The van der Waals surface area contributed by atoms with E-state index in [4.69, 9.17) is 0 Å². The van der Waals surface area contributed by atoms with Crippen LogP contribution in [0.5, 0.6) is 0 Å². The minimum atomic E-state index is 0.119. The highest BCUT2D eigenvalue weighted by atomic mass is 32.1. The fourth-order valence-corrected chi connectivity index (χ4v) is 4.36. The van der Waals surface area contributed by atoms with Gasteiger partial charge >= 0.3 is 0 Å². The molecule has 1 N–H and O–H groups in total. The van der Waals surface area contributed by atoms with E-state index in [2.05, 4.69) is 10.3 Å². The maximum absolute atomic E-state index is 12.3. The zero-order valence-electron chi connectivity index (χ0n) is 14.3. The molecule has 0 saturated heterocycles. The van der Waals surface area contributed by atoms with Crippen molar-refractivity contribution in [2.45, 2.75) is 44.9 Å². The molecule has 2 aromatic heterocycles. The van der Waals surface area contributed by atoms with Gasteiger partial charge in [-0.15, -0.1) is 11.3 Å². The Morgan fingerprint density at radius 2 is 2.16 bits per heavy atom. The van der Waals surface area contributed by atoms with Gasteiger partial charge < -0.3 is 5.32 Å². The van der Waals surface area contributed by atoms with Crippen molar-refractivity contribution in [2.24, 2.45) is 5.92 Å². The van der Waals surface area contributed by atoms with E-state index in [1.165, 1.54) is 32.1 Å². The number of rotatable bonds is 5. The van der Waals surface area contributed by atoms with Crippen LogP contribution in [0.1, 0.15) is 44.9 Å². The van der Waals surface area contributed by atoms with Gasteiger partial charge in [-0.2, -0.15) is 0 Å². The molecule has 2 heterocycles. The summed E-state index contributed by atoms with van der Waals surface area (Å²) >= 11 is 1.62. The SMILES string of the molecule is O=C(CCC1CCCCC1)Nc1cccc(-c2cn3ccsc3n2)c1. The Balaban J connectivity index is 1.39. The zero-order valence-corrected chi connectivity index (χ0v) is 15.1. The number of fused-ring (bicyclic) bond motifs is 1. The molecule has 1 amide bonds. The third kappa shape index (κ3) is 3.93. The van der Waals surface area contributed by atoms with Gasteiger partial charge in [0.05, 0.1) is 5.69 Å². The molecule has 0 atom stereocenters. The smallest absolute Gasteiger partial charge is 0.224 e. The topological polar surface area (TPSA) is 46.4 Å². The predicted octanol–water partition coefficient (Wildman–Crippen LogP) is 5.36. The Morgan fingerprint density at radius 3 is 3.00 bits per heavy atom. The van der Waals surface area contributed by atoms with Gasteiger partial charge in [0.25, 0.3) is 0 Å². The van der Waals surface area contributed by atoms with Gasteiger partial charge in [0.2, 0.25) is 5.91 Å². The summed E-state index contributed by atoms with van der Waals surface area (Å²) in [5, 5.41) is 5.07. The molecule has 1 aliphatic rings. The first-order valence-electron chi connectivity index (χ1n) is 9.10. The summed E-state index contributed by atoms with van der Waals surface area (Å²) in [6, 6.07) is 7.95. The summed E-state index contributed by atoms with van der Waals surface area (Å²) in [4.78, 5) is 17.9. The van der Waals surface area contributed by atoms with Crippen molar-refractivity contribution < 1.29 is 4.79 Å². The molecule has 4 nitrogen and oxygen atoms in total. The maximum atomic E-state index is 12.3. The molecule has 1 fully saturated rings. The van der Waals surface area contributed by atoms with Crippen molar-refractivity contribution >= 4 is 27.9 Å². The Kier molecular flexibility index (Phi) is 4.83. The molecule has 1 saturated carbocycles. The Hall–Kier alpha value is -2.14. The molecular formula is C20H23N3OS. The zero-order chi connectivity index (χ0) is 17.1. The lowest BCUT2D eigenvalue weighted by atomic mass is 9.86. The van der Waals surface area contributed by atoms with Crippen LogP contribution in [0.15, 0.2) is 42.0 Å². The van der Waals surface area contributed by atoms with Crippen molar-refractivity contribution in [1.82, 2.24) is 9.38 Å². The molecular weight excluding hydrogens is 330 g/mol. The average Bonchev–Trinajstić information content (AvgIpc) is 3.23. The predicted molar refractivity (Wildman–Crippen MR) is 103 cm³/mol.